The fourth-order valence-electron chi connectivity index (χ4n) is 1.58. The third-order valence-corrected chi connectivity index (χ3v) is 2.25. The van der Waals surface area contributed by atoms with Crippen molar-refractivity contribution < 1.29 is 4.74 Å². The molecule has 0 amide bonds. The second-order valence-electron chi connectivity index (χ2n) is 3.12. The van der Waals surface area contributed by atoms with Crippen molar-refractivity contribution in [3.05, 3.63) is 18.0 Å². The van der Waals surface area contributed by atoms with Gasteiger partial charge in [0.05, 0.1) is 12.8 Å². The van der Waals surface area contributed by atoms with Gasteiger partial charge in [0, 0.05) is 12.2 Å². The molecule has 70 valence electrons. The van der Waals surface area contributed by atoms with E-state index in [2.05, 4.69) is 15.3 Å². The normalized spacial score (nSPS) is 21.8. The van der Waals surface area contributed by atoms with Gasteiger partial charge in [-0.05, 0) is 25.5 Å². The molecule has 1 N–H and O–H groups in total. The zero-order valence-corrected chi connectivity index (χ0v) is 7.66. The van der Waals surface area contributed by atoms with Gasteiger partial charge in [-0.3, -0.25) is 0 Å². The zero-order valence-electron chi connectivity index (χ0n) is 7.66. The fourth-order valence-corrected chi connectivity index (χ4v) is 1.58. The van der Waals surface area contributed by atoms with E-state index in [1.165, 1.54) is 6.42 Å². The Labute approximate surface area is 77.4 Å². The van der Waals surface area contributed by atoms with E-state index >= 15 is 0 Å². The molecule has 0 radical (unpaired) electrons. The van der Waals surface area contributed by atoms with Crippen LogP contribution in [0.15, 0.2) is 12.3 Å². The van der Waals surface area contributed by atoms with E-state index in [0.717, 1.165) is 18.7 Å². The lowest BCUT2D eigenvalue weighted by Gasteiger charge is -2.09. The molecule has 1 aromatic rings. The van der Waals surface area contributed by atoms with Crippen molar-refractivity contribution >= 4 is 0 Å². The standard InChI is InChI=1S/C9H13N3O/c1-13-9-11-6-4-8(12-9)7-3-2-5-10-7/h4,6-7,10H,2-3,5H2,1H3. The van der Waals surface area contributed by atoms with Crippen LogP contribution in [0.3, 0.4) is 0 Å². The van der Waals surface area contributed by atoms with Crippen molar-refractivity contribution in [3.63, 3.8) is 0 Å². The molecule has 0 spiro atoms. The Hall–Kier alpha value is -1.16. The summed E-state index contributed by atoms with van der Waals surface area (Å²) in [4.78, 5) is 8.25. The van der Waals surface area contributed by atoms with E-state index in [0.29, 0.717) is 12.1 Å². The van der Waals surface area contributed by atoms with Gasteiger partial charge in [0.25, 0.3) is 0 Å². The molecule has 1 aliphatic heterocycles. The average Bonchev–Trinajstić information content (AvgIpc) is 2.71. The summed E-state index contributed by atoms with van der Waals surface area (Å²) in [6.45, 7) is 1.08. The number of rotatable bonds is 2. The van der Waals surface area contributed by atoms with E-state index in [4.69, 9.17) is 4.74 Å². The molecule has 0 bridgehead atoms. The number of hydrogen-bond acceptors (Lipinski definition) is 4. The Morgan fingerprint density at radius 2 is 2.54 bits per heavy atom. The van der Waals surface area contributed by atoms with Gasteiger partial charge in [0.2, 0.25) is 0 Å². The molecule has 1 fully saturated rings. The minimum absolute atomic E-state index is 0.386. The highest BCUT2D eigenvalue weighted by molar-refractivity contribution is 5.11. The van der Waals surface area contributed by atoms with Crippen LogP contribution in [0.2, 0.25) is 0 Å². The molecule has 0 aliphatic carbocycles. The topological polar surface area (TPSA) is 47.0 Å². The molecule has 4 heteroatoms. The summed E-state index contributed by atoms with van der Waals surface area (Å²) in [6, 6.07) is 2.77. The first-order valence-corrected chi connectivity index (χ1v) is 4.50. The lowest BCUT2D eigenvalue weighted by atomic mass is 10.1. The van der Waals surface area contributed by atoms with Gasteiger partial charge in [-0.25, -0.2) is 4.98 Å². The molecule has 1 saturated heterocycles. The maximum absolute atomic E-state index is 4.96. The van der Waals surface area contributed by atoms with E-state index in [1.54, 1.807) is 13.3 Å². The SMILES string of the molecule is COc1nccc(C2CCCN2)n1. The minimum atomic E-state index is 0.386. The van der Waals surface area contributed by atoms with Crippen molar-refractivity contribution in [2.45, 2.75) is 18.9 Å². The summed E-state index contributed by atoms with van der Waals surface area (Å²) in [5.41, 5.74) is 1.03. The number of aromatic nitrogens is 2. The molecular formula is C9H13N3O. The lowest BCUT2D eigenvalue weighted by Crippen LogP contribution is -2.14. The third kappa shape index (κ3) is 1.78. The molecule has 13 heavy (non-hydrogen) atoms. The summed E-state index contributed by atoms with van der Waals surface area (Å²) in [5.74, 6) is 0. The van der Waals surface area contributed by atoms with Crippen LogP contribution in [0.25, 0.3) is 0 Å². The summed E-state index contributed by atoms with van der Waals surface area (Å²) in [5, 5.41) is 3.38. The number of methoxy groups -OCH3 is 1. The zero-order chi connectivity index (χ0) is 9.10. The third-order valence-electron chi connectivity index (χ3n) is 2.25. The summed E-state index contributed by atoms with van der Waals surface area (Å²) >= 11 is 0. The number of ether oxygens (including phenoxy) is 1. The largest absolute Gasteiger partial charge is 0.467 e. The second kappa shape index (κ2) is 3.70. The van der Waals surface area contributed by atoms with Crippen molar-refractivity contribution in [1.82, 2.24) is 15.3 Å². The van der Waals surface area contributed by atoms with Crippen LogP contribution in [0.5, 0.6) is 6.01 Å². The number of hydrogen-bond donors (Lipinski definition) is 1. The Balaban J connectivity index is 2.18. The summed E-state index contributed by atoms with van der Waals surface area (Å²) in [7, 11) is 1.58. The highest BCUT2D eigenvalue weighted by atomic mass is 16.5. The van der Waals surface area contributed by atoms with Crippen LogP contribution in [0.1, 0.15) is 24.6 Å². The predicted octanol–water partition coefficient (Wildman–Crippen LogP) is 0.910. The number of nitrogens with one attached hydrogen (secondary N) is 1. The Morgan fingerprint density at radius 1 is 1.62 bits per heavy atom. The summed E-state index contributed by atoms with van der Waals surface area (Å²) in [6.07, 6.45) is 4.11. The minimum Gasteiger partial charge on any atom is -0.467 e. The molecule has 0 aromatic carbocycles. The van der Waals surface area contributed by atoms with E-state index in [9.17, 15) is 0 Å². The Kier molecular flexibility index (Phi) is 2.40. The van der Waals surface area contributed by atoms with Gasteiger partial charge in [-0.2, -0.15) is 4.98 Å². The van der Waals surface area contributed by atoms with Crippen molar-refractivity contribution in [2.75, 3.05) is 13.7 Å². The van der Waals surface area contributed by atoms with Crippen molar-refractivity contribution in [1.29, 1.82) is 0 Å². The van der Waals surface area contributed by atoms with E-state index in [1.807, 2.05) is 6.07 Å². The van der Waals surface area contributed by atoms with Gasteiger partial charge >= 0.3 is 6.01 Å². The number of nitrogens with zero attached hydrogens (tertiary/aromatic N) is 2. The molecule has 4 nitrogen and oxygen atoms in total. The maximum Gasteiger partial charge on any atom is 0.316 e. The van der Waals surface area contributed by atoms with Crippen LogP contribution >= 0.6 is 0 Å². The molecule has 2 heterocycles. The quantitative estimate of drug-likeness (QED) is 0.733. The molecular weight excluding hydrogens is 166 g/mol. The van der Waals surface area contributed by atoms with Gasteiger partial charge in [-0.15, -0.1) is 0 Å². The van der Waals surface area contributed by atoms with Crippen molar-refractivity contribution in [3.8, 4) is 6.01 Å². The van der Waals surface area contributed by atoms with Gasteiger partial charge in [0.15, 0.2) is 0 Å². The van der Waals surface area contributed by atoms with Crippen LogP contribution in [-0.2, 0) is 0 Å². The van der Waals surface area contributed by atoms with E-state index < -0.39 is 0 Å². The van der Waals surface area contributed by atoms with Gasteiger partial charge in [-0.1, -0.05) is 0 Å². The highest BCUT2D eigenvalue weighted by Crippen LogP contribution is 2.21. The monoisotopic (exact) mass is 179 g/mol. The predicted molar refractivity (Wildman–Crippen MR) is 48.6 cm³/mol. The van der Waals surface area contributed by atoms with Gasteiger partial charge in [0.1, 0.15) is 0 Å². The average molecular weight is 179 g/mol. The molecule has 1 unspecified atom stereocenters. The van der Waals surface area contributed by atoms with Crippen LogP contribution < -0.4 is 10.1 Å². The molecule has 1 aromatic heterocycles. The molecule has 1 aliphatic rings. The molecule has 1 atom stereocenters. The van der Waals surface area contributed by atoms with Crippen molar-refractivity contribution in [2.24, 2.45) is 0 Å². The van der Waals surface area contributed by atoms with Crippen LogP contribution in [0.4, 0.5) is 0 Å². The van der Waals surface area contributed by atoms with Gasteiger partial charge < -0.3 is 10.1 Å². The lowest BCUT2D eigenvalue weighted by molar-refractivity contribution is 0.376. The first-order chi connectivity index (χ1) is 6.40. The highest BCUT2D eigenvalue weighted by Gasteiger charge is 2.17. The molecule has 2 rings (SSSR count). The van der Waals surface area contributed by atoms with Crippen LogP contribution in [0, 0.1) is 0 Å². The Morgan fingerprint density at radius 3 is 3.23 bits per heavy atom. The van der Waals surface area contributed by atoms with E-state index in [-0.39, 0.29) is 0 Å². The maximum atomic E-state index is 4.96. The first kappa shape index (κ1) is 8.44. The second-order valence-corrected chi connectivity index (χ2v) is 3.12. The Bertz CT molecular complexity index is 284. The first-order valence-electron chi connectivity index (χ1n) is 4.50. The van der Waals surface area contributed by atoms with Crippen LogP contribution in [-0.4, -0.2) is 23.6 Å². The smallest absolute Gasteiger partial charge is 0.316 e. The molecule has 0 saturated carbocycles. The summed E-state index contributed by atoms with van der Waals surface area (Å²) < 4.78 is 4.96. The fraction of sp³-hybridized carbons (Fsp3) is 0.556.